The average molecular weight is 383 g/mol. The third kappa shape index (κ3) is 3.53. The maximum absolute atomic E-state index is 13.4. The lowest BCUT2D eigenvalue weighted by molar-refractivity contribution is -0.146. The monoisotopic (exact) mass is 382 g/mol. The topological polar surface area (TPSA) is 50.6 Å². The maximum atomic E-state index is 13.4. The predicted molar refractivity (Wildman–Crippen MR) is 108 cm³/mol. The Hall–Kier alpha value is -2.34. The van der Waals surface area contributed by atoms with E-state index in [0.29, 0.717) is 12.5 Å². The molecule has 150 valence electrons. The largest absolute Gasteiger partial charge is 0.497 e. The SMILES string of the molecule is COc1cccc(CN2CCCC3(CCN(Cc4cnc(C)n4C)C3)C2=O)c1. The van der Waals surface area contributed by atoms with E-state index in [1.807, 2.05) is 31.3 Å². The van der Waals surface area contributed by atoms with Gasteiger partial charge in [0.15, 0.2) is 0 Å². The number of aryl methyl sites for hydroxylation is 1. The fourth-order valence-electron chi connectivity index (χ4n) is 4.69. The molecule has 1 aromatic heterocycles. The molecule has 28 heavy (non-hydrogen) atoms. The van der Waals surface area contributed by atoms with Crippen LogP contribution in [-0.4, -0.2) is 52.0 Å². The van der Waals surface area contributed by atoms with E-state index < -0.39 is 0 Å². The van der Waals surface area contributed by atoms with E-state index in [0.717, 1.165) is 62.6 Å². The quantitative estimate of drug-likeness (QED) is 0.798. The third-order valence-electron chi connectivity index (χ3n) is 6.47. The highest BCUT2D eigenvalue weighted by atomic mass is 16.5. The predicted octanol–water partition coefficient (Wildman–Crippen LogP) is 2.75. The Kier molecular flexibility index (Phi) is 5.15. The zero-order chi connectivity index (χ0) is 19.7. The van der Waals surface area contributed by atoms with Gasteiger partial charge in [-0.1, -0.05) is 12.1 Å². The Labute approximate surface area is 167 Å². The Morgan fingerprint density at radius 2 is 2.07 bits per heavy atom. The number of methoxy groups -OCH3 is 1. The number of aromatic nitrogens is 2. The summed E-state index contributed by atoms with van der Waals surface area (Å²) in [5, 5.41) is 0. The molecule has 3 heterocycles. The first-order valence-corrected chi connectivity index (χ1v) is 10.1. The van der Waals surface area contributed by atoms with E-state index in [2.05, 4.69) is 32.5 Å². The van der Waals surface area contributed by atoms with E-state index in [1.165, 1.54) is 5.69 Å². The Balaban J connectivity index is 1.44. The lowest BCUT2D eigenvalue weighted by Crippen LogP contribution is -2.49. The number of ether oxygens (including phenoxy) is 1. The van der Waals surface area contributed by atoms with Crippen molar-refractivity contribution < 1.29 is 9.53 Å². The molecule has 0 bridgehead atoms. The van der Waals surface area contributed by atoms with Crippen LogP contribution >= 0.6 is 0 Å². The van der Waals surface area contributed by atoms with Crippen molar-refractivity contribution in [1.82, 2.24) is 19.4 Å². The molecular formula is C22H30N4O2. The summed E-state index contributed by atoms with van der Waals surface area (Å²) in [5.41, 5.74) is 2.13. The van der Waals surface area contributed by atoms with Gasteiger partial charge in [0, 0.05) is 39.4 Å². The zero-order valence-electron chi connectivity index (χ0n) is 17.1. The molecule has 0 N–H and O–H groups in total. The van der Waals surface area contributed by atoms with Crippen molar-refractivity contribution in [2.75, 3.05) is 26.7 Å². The van der Waals surface area contributed by atoms with E-state index >= 15 is 0 Å². The minimum Gasteiger partial charge on any atom is -0.497 e. The molecule has 2 saturated heterocycles. The summed E-state index contributed by atoms with van der Waals surface area (Å²) in [6.07, 6.45) is 4.99. The molecule has 2 aromatic rings. The van der Waals surface area contributed by atoms with Gasteiger partial charge in [0.2, 0.25) is 5.91 Å². The maximum Gasteiger partial charge on any atom is 0.230 e. The van der Waals surface area contributed by atoms with Gasteiger partial charge >= 0.3 is 0 Å². The Morgan fingerprint density at radius 1 is 1.21 bits per heavy atom. The van der Waals surface area contributed by atoms with Crippen LogP contribution < -0.4 is 4.74 Å². The van der Waals surface area contributed by atoms with Crippen molar-refractivity contribution >= 4 is 5.91 Å². The number of likely N-dealkylation sites (tertiary alicyclic amines) is 2. The number of imidazole rings is 1. The van der Waals surface area contributed by atoms with Crippen LogP contribution in [-0.2, 0) is 24.9 Å². The fourth-order valence-corrected chi connectivity index (χ4v) is 4.69. The molecule has 1 amide bonds. The highest BCUT2D eigenvalue weighted by Gasteiger charge is 2.48. The molecule has 1 aromatic carbocycles. The summed E-state index contributed by atoms with van der Waals surface area (Å²) >= 11 is 0. The van der Waals surface area contributed by atoms with Crippen molar-refractivity contribution in [2.45, 2.75) is 39.3 Å². The molecular weight excluding hydrogens is 352 g/mol. The molecule has 0 radical (unpaired) electrons. The van der Waals surface area contributed by atoms with Gasteiger partial charge in [-0.15, -0.1) is 0 Å². The lowest BCUT2D eigenvalue weighted by atomic mass is 9.78. The van der Waals surface area contributed by atoms with Crippen LogP contribution in [0.15, 0.2) is 30.5 Å². The Morgan fingerprint density at radius 3 is 2.82 bits per heavy atom. The summed E-state index contributed by atoms with van der Waals surface area (Å²) in [6.45, 7) is 6.23. The number of rotatable bonds is 5. The average Bonchev–Trinajstić information content (AvgIpc) is 3.25. The van der Waals surface area contributed by atoms with Crippen molar-refractivity contribution in [3.63, 3.8) is 0 Å². The normalized spacial score (nSPS) is 23.0. The number of piperidine rings is 1. The fraction of sp³-hybridized carbons (Fsp3) is 0.545. The molecule has 4 rings (SSSR count). The van der Waals surface area contributed by atoms with Crippen LogP contribution in [0.25, 0.3) is 0 Å². The highest BCUT2D eigenvalue weighted by molar-refractivity contribution is 5.84. The van der Waals surface area contributed by atoms with Gasteiger partial charge in [-0.05, 0) is 50.4 Å². The van der Waals surface area contributed by atoms with Crippen LogP contribution in [0.2, 0.25) is 0 Å². The summed E-state index contributed by atoms with van der Waals surface area (Å²) in [4.78, 5) is 22.3. The van der Waals surface area contributed by atoms with Crippen LogP contribution in [0.4, 0.5) is 0 Å². The molecule has 1 atom stereocenters. The molecule has 6 nitrogen and oxygen atoms in total. The smallest absolute Gasteiger partial charge is 0.230 e. The van der Waals surface area contributed by atoms with Crippen molar-refractivity contribution in [1.29, 1.82) is 0 Å². The summed E-state index contributed by atoms with van der Waals surface area (Å²) in [6, 6.07) is 8.03. The number of amides is 1. The summed E-state index contributed by atoms with van der Waals surface area (Å²) in [5.74, 6) is 2.20. The molecule has 0 aliphatic carbocycles. The first-order valence-electron chi connectivity index (χ1n) is 10.1. The minimum atomic E-state index is -0.218. The minimum absolute atomic E-state index is 0.218. The molecule has 1 spiro atoms. The van der Waals surface area contributed by atoms with Gasteiger partial charge in [-0.3, -0.25) is 9.69 Å². The number of benzene rings is 1. The van der Waals surface area contributed by atoms with E-state index in [4.69, 9.17) is 4.74 Å². The second-order valence-corrected chi connectivity index (χ2v) is 8.28. The van der Waals surface area contributed by atoms with Gasteiger partial charge in [0.05, 0.1) is 18.2 Å². The molecule has 6 heteroatoms. The second kappa shape index (κ2) is 7.59. The third-order valence-corrected chi connectivity index (χ3v) is 6.47. The van der Waals surface area contributed by atoms with Crippen LogP contribution in [0.3, 0.4) is 0 Å². The van der Waals surface area contributed by atoms with E-state index in [1.54, 1.807) is 7.11 Å². The Bertz CT molecular complexity index is 862. The van der Waals surface area contributed by atoms with Crippen molar-refractivity contribution in [3.05, 3.63) is 47.5 Å². The molecule has 1 unspecified atom stereocenters. The summed E-state index contributed by atoms with van der Waals surface area (Å²) < 4.78 is 7.47. The number of carbonyl (C=O) groups excluding carboxylic acids is 1. The second-order valence-electron chi connectivity index (χ2n) is 8.28. The number of hydrogen-bond acceptors (Lipinski definition) is 4. The van der Waals surface area contributed by atoms with Crippen LogP contribution in [0.1, 0.15) is 36.3 Å². The standard InChI is InChI=1S/C22H30N4O2/c1-17-23-13-19(24(17)2)15-25-11-9-22(16-25)8-5-10-26(21(22)27)14-18-6-4-7-20(12-18)28-3/h4,6-7,12-13H,5,8-11,14-16H2,1-3H3. The number of carbonyl (C=O) groups is 1. The van der Waals surface area contributed by atoms with Crippen molar-refractivity contribution in [2.24, 2.45) is 12.5 Å². The molecule has 2 aliphatic rings. The van der Waals surface area contributed by atoms with E-state index in [9.17, 15) is 4.79 Å². The van der Waals surface area contributed by atoms with E-state index in [-0.39, 0.29) is 5.41 Å². The van der Waals surface area contributed by atoms with Gasteiger partial charge in [-0.25, -0.2) is 4.98 Å². The van der Waals surface area contributed by atoms with Crippen LogP contribution in [0, 0.1) is 12.3 Å². The highest BCUT2D eigenvalue weighted by Crippen LogP contribution is 2.41. The molecule has 2 fully saturated rings. The number of hydrogen-bond donors (Lipinski definition) is 0. The van der Waals surface area contributed by atoms with Crippen molar-refractivity contribution in [3.8, 4) is 5.75 Å². The summed E-state index contributed by atoms with van der Waals surface area (Å²) in [7, 11) is 3.74. The van der Waals surface area contributed by atoms with Gasteiger partial charge in [0.25, 0.3) is 0 Å². The van der Waals surface area contributed by atoms with Crippen LogP contribution in [0.5, 0.6) is 5.75 Å². The van der Waals surface area contributed by atoms with Gasteiger partial charge in [0.1, 0.15) is 11.6 Å². The first-order chi connectivity index (χ1) is 13.5. The van der Waals surface area contributed by atoms with Gasteiger partial charge < -0.3 is 14.2 Å². The molecule has 2 aliphatic heterocycles. The number of nitrogens with zero attached hydrogens (tertiary/aromatic N) is 4. The lowest BCUT2D eigenvalue weighted by Gasteiger charge is -2.39. The van der Waals surface area contributed by atoms with Gasteiger partial charge in [-0.2, -0.15) is 0 Å². The molecule has 0 saturated carbocycles. The zero-order valence-corrected chi connectivity index (χ0v) is 17.1. The first kappa shape index (κ1) is 19.0.